The van der Waals surface area contributed by atoms with Crippen LogP contribution in [0.3, 0.4) is 0 Å². The van der Waals surface area contributed by atoms with Gasteiger partial charge in [0.1, 0.15) is 0 Å². The second kappa shape index (κ2) is 11.5. The molecule has 0 amide bonds. The van der Waals surface area contributed by atoms with Gasteiger partial charge in [0, 0.05) is 12.0 Å². The standard InChI is InChI=1S/C29H40O/c1-4-6-7-8-9-10-12-29(30)24-16-18-28-26(20-24)21-25-19-23(15-17-27(25)28)14-13-22(3)11-5-2/h15-20,22H,4-14,21H2,1-3H3. The Balaban J connectivity index is 1.57. The van der Waals surface area contributed by atoms with E-state index in [-0.39, 0.29) is 0 Å². The third kappa shape index (κ3) is 6.06. The maximum atomic E-state index is 12.7. The van der Waals surface area contributed by atoms with E-state index in [4.69, 9.17) is 0 Å². The molecule has 1 unspecified atom stereocenters. The molecule has 1 aliphatic carbocycles. The molecule has 0 bridgehead atoms. The summed E-state index contributed by atoms with van der Waals surface area (Å²) in [4.78, 5) is 12.7. The highest BCUT2D eigenvalue weighted by molar-refractivity contribution is 5.97. The van der Waals surface area contributed by atoms with E-state index in [0.717, 1.165) is 24.3 Å². The summed E-state index contributed by atoms with van der Waals surface area (Å²) in [6.45, 7) is 6.89. The average Bonchev–Trinajstić information content (AvgIpc) is 3.11. The average molecular weight is 405 g/mol. The van der Waals surface area contributed by atoms with Crippen LogP contribution in [0.2, 0.25) is 0 Å². The van der Waals surface area contributed by atoms with Gasteiger partial charge in [-0.05, 0) is 65.5 Å². The molecule has 0 N–H and O–H groups in total. The molecule has 1 atom stereocenters. The Kier molecular flexibility index (Phi) is 8.73. The first kappa shape index (κ1) is 22.8. The Labute approximate surface area is 184 Å². The summed E-state index contributed by atoms with van der Waals surface area (Å²) in [7, 11) is 0. The molecule has 3 rings (SSSR count). The van der Waals surface area contributed by atoms with Gasteiger partial charge in [-0.25, -0.2) is 0 Å². The lowest BCUT2D eigenvalue weighted by Crippen LogP contribution is -2.00. The van der Waals surface area contributed by atoms with Crippen LogP contribution in [-0.2, 0) is 12.8 Å². The number of benzene rings is 2. The summed E-state index contributed by atoms with van der Waals surface area (Å²) < 4.78 is 0. The van der Waals surface area contributed by atoms with Crippen molar-refractivity contribution in [1.29, 1.82) is 0 Å². The highest BCUT2D eigenvalue weighted by Crippen LogP contribution is 2.38. The molecule has 0 aliphatic heterocycles. The third-order valence-corrected chi connectivity index (χ3v) is 6.73. The second-order valence-electron chi connectivity index (χ2n) is 9.41. The normalized spacial score (nSPS) is 13.2. The van der Waals surface area contributed by atoms with Gasteiger partial charge in [-0.2, -0.15) is 0 Å². The van der Waals surface area contributed by atoms with E-state index in [1.165, 1.54) is 85.6 Å². The fourth-order valence-corrected chi connectivity index (χ4v) is 4.85. The van der Waals surface area contributed by atoms with Gasteiger partial charge in [-0.1, -0.05) is 96.0 Å². The van der Waals surface area contributed by atoms with Gasteiger partial charge < -0.3 is 0 Å². The van der Waals surface area contributed by atoms with E-state index in [0.29, 0.717) is 12.2 Å². The van der Waals surface area contributed by atoms with E-state index in [9.17, 15) is 4.79 Å². The van der Waals surface area contributed by atoms with Crippen LogP contribution in [0.15, 0.2) is 36.4 Å². The monoisotopic (exact) mass is 404 g/mol. The molecule has 2 aromatic carbocycles. The first-order valence-electron chi connectivity index (χ1n) is 12.4. The molecule has 0 saturated carbocycles. The van der Waals surface area contributed by atoms with Crippen LogP contribution >= 0.6 is 0 Å². The topological polar surface area (TPSA) is 17.1 Å². The van der Waals surface area contributed by atoms with Crippen LogP contribution in [0.5, 0.6) is 0 Å². The Morgan fingerprint density at radius 2 is 1.53 bits per heavy atom. The molecular formula is C29H40O. The maximum Gasteiger partial charge on any atom is 0.162 e. The lowest BCUT2D eigenvalue weighted by Gasteiger charge is -2.10. The largest absolute Gasteiger partial charge is 0.294 e. The molecule has 0 heterocycles. The highest BCUT2D eigenvalue weighted by atomic mass is 16.1. The summed E-state index contributed by atoms with van der Waals surface area (Å²) >= 11 is 0. The molecule has 1 nitrogen and oxygen atoms in total. The van der Waals surface area contributed by atoms with Gasteiger partial charge >= 0.3 is 0 Å². The van der Waals surface area contributed by atoms with Crippen molar-refractivity contribution in [3.63, 3.8) is 0 Å². The SMILES string of the molecule is CCCCCCCCC(=O)c1ccc2c(c1)Cc1cc(CCC(C)CCC)ccc1-2. The molecule has 1 aliphatic rings. The van der Waals surface area contributed by atoms with E-state index in [1.54, 1.807) is 0 Å². The summed E-state index contributed by atoms with van der Waals surface area (Å²) in [5.74, 6) is 1.12. The lowest BCUT2D eigenvalue weighted by atomic mass is 9.95. The molecular weight excluding hydrogens is 364 g/mol. The molecule has 0 saturated heterocycles. The van der Waals surface area contributed by atoms with Gasteiger partial charge in [0.15, 0.2) is 5.78 Å². The van der Waals surface area contributed by atoms with Crippen molar-refractivity contribution in [3.05, 3.63) is 58.7 Å². The minimum atomic E-state index is 0.315. The number of Topliss-reactive ketones (excluding diaryl/α,β-unsaturated/α-hetero) is 1. The number of hydrogen-bond acceptors (Lipinski definition) is 1. The van der Waals surface area contributed by atoms with Crippen LogP contribution in [-0.4, -0.2) is 5.78 Å². The Morgan fingerprint density at radius 1 is 0.833 bits per heavy atom. The van der Waals surface area contributed by atoms with Crippen LogP contribution in [0.1, 0.15) is 112 Å². The van der Waals surface area contributed by atoms with Crippen molar-refractivity contribution >= 4 is 5.78 Å². The minimum absolute atomic E-state index is 0.315. The molecule has 30 heavy (non-hydrogen) atoms. The van der Waals surface area contributed by atoms with Gasteiger partial charge in [0.25, 0.3) is 0 Å². The van der Waals surface area contributed by atoms with Crippen molar-refractivity contribution in [1.82, 2.24) is 0 Å². The van der Waals surface area contributed by atoms with Gasteiger partial charge in [-0.15, -0.1) is 0 Å². The first-order valence-corrected chi connectivity index (χ1v) is 12.4. The van der Waals surface area contributed by atoms with Gasteiger partial charge in [0.2, 0.25) is 0 Å². The smallest absolute Gasteiger partial charge is 0.162 e. The fourth-order valence-electron chi connectivity index (χ4n) is 4.85. The summed E-state index contributed by atoms with van der Waals surface area (Å²) in [5.41, 5.74) is 7.83. The number of ketones is 1. The van der Waals surface area contributed by atoms with Crippen molar-refractivity contribution < 1.29 is 4.79 Å². The minimum Gasteiger partial charge on any atom is -0.294 e. The van der Waals surface area contributed by atoms with Crippen molar-refractivity contribution in [2.24, 2.45) is 5.92 Å². The number of carbonyl (C=O) groups is 1. The second-order valence-corrected chi connectivity index (χ2v) is 9.41. The van der Waals surface area contributed by atoms with Crippen molar-refractivity contribution in [2.75, 3.05) is 0 Å². The Hall–Kier alpha value is -1.89. The quantitative estimate of drug-likeness (QED) is 0.206. The molecule has 0 aromatic heterocycles. The molecule has 162 valence electrons. The Bertz CT molecular complexity index is 832. The summed E-state index contributed by atoms with van der Waals surface area (Å²) in [5, 5.41) is 0. The highest BCUT2D eigenvalue weighted by Gasteiger charge is 2.20. The first-order chi connectivity index (χ1) is 14.6. The summed E-state index contributed by atoms with van der Waals surface area (Å²) in [6, 6.07) is 13.4. The third-order valence-electron chi connectivity index (χ3n) is 6.73. The summed E-state index contributed by atoms with van der Waals surface area (Å²) in [6.07, 6.45) is 14.1. The number of aryl methyl sites for hydroxylation is 1. The number of unbranched alkanes of at least 4 members (excludes halogenated alkanes) is 5. The van der Waals surface area contributed by atoms with Crippen molar-refractivity contribution in [2.45, 2.75) is 97.8 Å². The predicted octanol–water partition coefficient (Wildman–Crippen LogP) is 8.56. The zero-order chi connectivity index (χ0) is 21.3. The van der Waals surface area contributed by atoms with E-state index < -0.39 is 0 Å². The molecule has 0 spiro atoms. The van der Waals surface area contributed by atoms with E-state index in [2.05, 4.69) is 51.1 Å². The van der Waals surface area contributed by atoms with Gasteiger partial charge in [0.05, 0.1) is 0 Å². The maximum absolute atomic E-state index is 12.7. The van der Waals surface area contributed by atoms with Crippen LogP contribution in [0.25, 0.3) is 11.1 Å². The number of carbonyl (C=O) groups excluding carboxylic acids is 1. The molecule has 0 radical (unpaired) electrons. The van der Waals surface area contributed by atoms with E-state index >= 15 is 0 Å². The van der Waals surface area contributed by atoms with Crippen LogP contribution < -0.4 is 0 Å². The lowest BCUT2D eigenvalue weighted by molar-refractivity contribution is 0.0979. The fraction of sp³-hybridized carbons (Fsp3) is 0.552. The Morgan fingerprint density at radius 3 is 2.30 bits per heavy atom. The zero-order valence-corrected chi connectivity index (χ0v) is 19.4. The predicted molar refractivity (Wildman–Crippen MR) is 129 cm³/mol. The van der Waals surface area contributed by atoms with Crippen molar-refractivity contribution in [3.8, 4) is 11.1 Å². The number of fused-ring (bicyclic) bond motifs is 3. The zero-order valence-electron chi connectivity index (χ0n) is 19.4. The van der Waals surface area contributed by atoms with E-state index in [1.807, 2.05) is 6.07 Å². The van der Waals surface area contributed by atoms with Crippen LogP contribution in [0.4, 0.5) is 0 Å². The molecule has 0 fully saturated rings. The van der Waals surface area contributed by atoms with Crippen LogP contribution in [0, 0.1) is 5.92 Å². The van der Waals surface area contributed by atoms with Gasteiger partial charge in [-0.3, -0.25) is 4.79 Å². The molecule has 2 aromatic rings. The molecule has 1 heteroatoms. The number of hydrogen-bond donors (Lipinski definition) is 0. The number of rotatable bonds is 13.